The molecule has 0 heterocycles. The number of ether oxygens (including phenoxy) is 2. The first-order valence-corrected chi connectivity index (χ1v) is 9.69. The molecule has 0 unspecified atom stereocenters. The Balaban J connectivity index is 1.90. The minimum atomic E-state index is -0.518. The molecule has 0 fully saturated rings. The van der Waals surface area contributed by atoms with Gasteiger partial charge in [0.1, 0.15) is 17.9 Å². The first-order valence-electron chi connectivity index (χ1n) is 9.69. The number of hydrazone groups is 1. The monoisotopic (exact) mass is 412 g/mol. The van der Waals surface area contributed by atoms with Gasteiger partial charge in [0.15, 0.2) is 0 Å². The Morgan fingerprint density at radius 3 is 2.30 bits per heavy atom. The molecule has 0 saturated heterocycles. The quantitative estimate of drug-likeness (QED) is 0.356. The smallest absolute Gasteiger partial charge is 0.249 e. The fourth-order valence-corrected chi connectivity index (χ4v) is 2.83. The van der Waals surface area contributed by atoms with Gasteiger partial charge in [-0.1, -0.05) is 0 Å². The van der Waals surface area contributed by atoms with E-state index in [9.17, 15) is 9.59 Å². The van der Waals surface area contributed by atoms with E-state index in [4.69, 9.17) is 9.47 Å². The van der Waals surface area contributed by atoms with E-state index in [1.165, 1.54) is 6.21 Å². The predicted molar refractivity (Wildman–Crippen MR) is 119 cm³/mol. The molecule has 0 spiro atoms. The van der Waals surface area contributed by atoms with Gasteiger partial charge in [-0.2, -0.15) is 5.10 Å². The summed E-state index contributed by atoms with van der Waals surface area (Å²) >= 11 is 0. The Labute approximate surface area is 176 Å². The molecule has 0 saturated carbocycles. The van der Waals surface area contributed by atoms with Crippen LogP contribution in [0.5, 0.6) is 11.5 Å². The molecule has 160 valence electrons. The van der Waals surface area contributed by atoms with Crippen LogP contribution >= 0.6 is 0 Å². The number of nitrogens with zero attached hydrogens (tertiary/aromatic N) is 2. The number of amides is 2. The molecule has 0 aliphatic rings. The average molecular weight is 412 g/mol. The van der Waals surface area contributed by atoms with Gasteiger partial charge in [-0.3, -0.25) is 9.59 Å². The van der Waals surface area contributed by atoms with Gasteiger partial charge in [-0.15, -0.1) is 0 Å². The highest BCUT2D eigenvalue weighted by Crippen LogP contribution is 2.24. The molecule has 2 rings (SSSR count). The van der Waals surface area contributed by atoms with E-state index < -0.39 is 11.8 Å². The van der Waals surface area contributed by atoms with Gasteiger partial charge in [-0.25, -0.2) is 5.43 Å². The number of methoxy groups -OCH3 is 2. The molecule has 2 amide bonds. The molecule has 8 heteroatoms. The molecule has 0 aliphatic heterocycles. The van der Waals surface area contributed by atoms with Crippen LogP contribution in [0.2, 0.25) is 0 Å². The van der Waals surface area contributed by atoms with Crippen molar-refractivity contribution in [2.75, 3.05) is 37.5 Å². The van der Waals surface area contributed by atoms with Crippen LogP contribution in [-0.4, -0.2) is 45.3 Å². The molecule has 2 N–H and O–H groups in total. The predicted octanol–water partition coefficient (Wildman–Crippen LogP) is 3.03. The molecule has 0 aromatic heterocycles. The van der Waals surface area contributed by atoms with Crippen molar-refractivity contribution in [3.05, 3.63) is 48.0 Å². The van der Waals surface area contributed by atoms with E-state index in [1.54, 1.807) is 38.5 Å². The van der Waals surface area contributed by atoms with Crippen molar-refractivity contribution >= 4 is 29.4 Å². The minimum absolute atomic E-state index is 0.346. The largest absolute Gasteiger partial charge is 0.497 e. The lowest BCUT2D eigenvalue weighted by atomic mass is 10.2. The van der Waals surface area contributed by atoms with Crippen LogP contribution in [-0.2, 0) is 9.59 Å². The molecule has 0 aliphatic carbocycles. The molecule has 30 heavy (non-hydrogen) atoms. The van der Waals surface area contributed by atoms with E-state index in [1.807, 2.05) is 18.2 Å². The minimum Gasteiger partial charge on any atom is -0.497 e. The first kappa shape index (κ1) is 22.7. The number of nitrogens with one attached hydrogen (secondary N) is 2. The van der Waals surface area contributed by atoms with Gasteiger partial charge in [0.25, 0.3) is 0 Å². The van der Waals surface area contributed by atoms with Crippen LogP contribution in [0.3, 0.4) is 0 Å². The maximum atomic E-state index is 12.0. The average Bonchev–Trinajstić information content (AvgIpc) is 2.75. The maximum Gasteiger partial charge on any atom is 0.249 e. The summed E-state index contributed by atoms with van der Waals surface area (Å²) in [6.07, 6.45) is 1.14. The van der Waals surface area contributed by atoms with Crippen LogP contribution in [0.4, 0.5) is 11.4 Å². The summed E-state index contributed by atoms with van der Waals surface area (Å²) in [5.74, 6) is 0.375. The van der Waals surface area contributed by atoms with Crippen LogP contribution in [0.25, 0.3) is 0 Å². The van der Waals surface area contributed by atoms with Crippen LogP contribution in [0, 0.1) is 0 Å². The van der Waals surface area contributed by atoms with Crippen molar-refractivity contribution in [3.8, 4) is 11.5 Å². The highest BCUT2D eigenvalue weighted by Gasteiger charge is 2.10. The highest BCUT2D eigenvalue weighted by molar-refractivity contribution is 6.03. The molecule has 8 nitrogen and oxygen atoms in total. The van der Waals surface area contributed by atoms with Crippen molar-refractivity contribution in [3.63, 3.8) is 0 Å². The maximum absolute atomic E-state index is 12.0. The van der Waals surface area contributed by atoms with E-state index in [-0.39, 0.29) is 6.42 Å². The van der Waals surface area contributed by atoms with Crippen molar-refractivity contribution in [1.29, 1.82) is 0 Å². The van der Waals surface area contributed by atoms with Crippen molar-refractivity contribution in [1.82, 2.24) is 5.43 Å². The van der Waals surface area contributed by atoms with E-state index >= 15 is 0 Å². The standard InChI is InChI=1S/C22H28N4O4/c1-5-26(6-2)18-10-7-16(20(13-18)30-4)15-23-25-22(28)14-21(27)24-17-8-11-19(29-3)12-9-17/h7-13,15H,5-6,14H2,1-4H3,(H,24,27)(H,25,28). The van der Waals surface area contributed by atoms with E-state index in [0.29, 0.717) is 17.2 Å². The number of benzene rings is 2. The summed E-state index contributed by atoms with van der Waals surface area (Å²) in [5, 5.41) is 6.58. The molecule has 2 aromatic carbocycles. The van der Waals surface area contributed by atoms with Gasteiger partial charge < -0.3 is 19.7 Å². The van der Waals surface area contributed by atoms with Gasteiger partial charge in [0, 0.05) is 36.1 Å². The summed E-state index contributed by atoms with van der Waals surface area (Å²) in [5.41, 5.74) is 4.71. The molecule has 0 radical (unpaired) electrons. The van der Waals surface area contributed by atoms with Crippen LogP contribution in [0.1, 0.15) is 25.8 Å². The lowest BCUT2D eigenvalue weighted by Crippen LogP contribution is -2.24. The van der Waals surface area contributed by atoms with E-state index in [2.05, 4.69) is 34.6 Å². The highest BCUT2D eigenvalue weighted by atomic mass is 16.5. The van der Waals surface area contributed by atoms with Crippen LogP contribution in [0.15, 0.2) is 47.6 Å². The number of hydrogen-bond donors (Lipinski definition) is 2. The Morgan fingerprint density at radius 1 is 1.00 bits per heavy atom. The second-order valence-corrected chi connectivity index (χ2v) is 6.35. The topological polar surface area (TPSA) is 92.3 Å². The number of rotatable bonds is 10. The van der Waals surface area contributed by atoms with Gasteiger partial charge in [0.05, 0.1) is 20.4 Å². The number of hydrogen-bond acceptors (Lipinski definition) is 6. The summed E-state index contributed by atoms with van der Waals surface area (Å²) in [6.45, 7) is 5.96. The Kier molecular flexibility index (Phi) is 8.68. The summed E-state index contributed by atoms with van der Waals surface area (Å²) in [6, 6.07) is 12.6. The number of carbonyl (C=O) groups excluding carboxylic acids is 2. The normalized spacial score (nSPS) is 10.5. The second kappa shape index (κ2) is 11.5. The first-order chi connectivity index (χ1) is 14.5. The third-order valence-corrected chi connectivity index (χ3v) is 4.43. The van der Waals surface area contributed by atoms with Crippen molar-refractivity contribution < 1.29 is 19.1 Å². The summed E-state index contributed by atoms with van der Waals surface area (Å²) in [4.78, 5) is 26.2. The van der Waals surface area contributed by atoms with Gasteiger partial charge in [-0.05, 0) is 50.2 Å². The van der Waals surface area contributed by atoms with Crippen LogP contribution < -0.4 is 25.1 Å². The zero-order valence-electron chi connectivity index (χ0n) is 17.8. The van der Waals surface area contributed by atoms with Gasteiger partial charge >= 0.3 is 0 Å². The fraction of sp³-hybridized carbons (Fsp3) is 0.318. The zero-order chi connectivity index (χ0) is 21.9. The molecule has 0 atom stereocenters. The lowest BCUT2D eigenvalue weighted by molar-refractivity contribution is -0.126. The molecule has 0 bridgehead atoms. The zero-order valence-corrected chi connectivity index (χ0v) is 17.8. The number of carbonyl (C=O) groups is 2. The van der Waals surface area contributed by atoms with Crippen molar-refractivity contribution in [2.45, 2.75) is 20.3 Å². The van der Waals surface area contributed by atoms with Gasteiger partial charge in [0.2, 0.25) is 11.8 Å². The fourth-order valence-electron chi connectivity index (χ4n) is 2.83. The molecule has 2 aromatic rings. The SMILES string of the molecule is CCN(CC)c1ccc(C=NNC(=O)CC(=O)Nc2ccc(OC)cc2)c(OC)c1. The lowest BCUT2D eigenvalue weighted by Gasteiger charge is -2.21. The Morgan fingerprint density at radius 2 is 1.70 bits per heavy atom. The van der Waals surface area contributed by atoms with Crippen molar-refractivity contribution in [2.24, 2.45) is 5.10 Å². The molecular weight excluding hydrogens is 384 g/mol. The Bertz CT molecular complexity index is 877. The van der Waals surface area contributed by atoms with E-state index in [0.717, 1.165) is 24.3 Å². The summed E-state index contributed by atoms with van der Waals surface area (Å²) in [7, 11) is 3.15. The number of anilines is 2. The molecular formula is C22H28N4O4. The summed E-state index contributed by atoms with van der Waals surface area (Å²) < 4.78 is 10.5. The Hall–Kier alpha value is -3.55. The third kappa shape index (κ3) is 6.51. The second-order valence-electron chi connectivity index (χ2n) is 6.35. The third-order valence-electron chi connectivity index (χ3n) is 4.43.